The first kappa shape index (κ1) is 17.0. The Morgan fingerprint density at radius 2 is 2.00 bits per heavy atom. The van der Waals surface area contributed by atoms with Crippen molar-refractivity contribution >= 4 is 21.8 Å². The number of hydrogen-bond acceptors (Lipinski definition) is 1. The summed E-state index contributed by atoms with van der Waals surface area (Å²) in [5.74, 6) is 1.76. The Labute approximate surface area is 127 Å². The molecule has 1 saturated heterocycles. The van der Waals surface area contributed by atoms with E-state index in [4.69, 9.17) is 0 Å². The zero-order chi connectivity index (χ0) is 14.5. The zero-order valence-corrected chi connectivity index (χ0v) is 14.6. The van der Waals surface area contributed by atoms with Gasteiger partial charge in [0.2, 0.25) is 5.91 Å². The molecular formula is C16H30BrNO. The van der Waals surface area contributed by atoms with Crippen molar-refractivity contribution in [3.8, 4) is 0 Å². The molecule has 3 heteroatoms. The molecule has 2 nitrogen and oxygen atoms in total. The van der Waals surface area contributed by atoms with E-state index in [1.54, 1.807) is 0 Å². The van der Waals surface area contributed by atoms with Crippen LogP contribution in [0.1, 0.15) is 59.8 Å². The van der Waals surface area contributed by atoms with Crippen LogP contribution in [0.2, 0.25) is 0 Å². The van der Waals surface area contributed by atoms with Crippen LogP contribution >= 0.6 is 15.9 Å². The van der Waals surface area contributed by atoms with Gasteiger partial charge in [-0.15, -0.1) is 0 Å². The molecule has 1 aliphatic rings. The van der Waals surface area contributed by atoms with Crippen LogP contribution < -0.4 is 0 Å². The van der Waals surface area contributed by atoms with Crippen LogP contribution in [-0.2, 0) is 4.79 Å². The van der Waals surface area contributed by atoms with Crippen LogP contribution in [0, 0.1) is 17.3 Å². The molecule has 1 aliphatic heterocycles. The Bertz CT molecular complexity index is 285. The van der Waals surface area contributed by atoms with Crippen molar-refractivity contribution in [3.63, 3.8) is 0 Å². The van der Waals surface area contributed by atoms with Gasteiger partial charge >= 0.3 is 0 Å². The minimum absolute atomic E-state index is 0.333. The van der Waals surface area contributed by atoms with Gasteiger partial charge in [-0.1, -0.05) is 43.6 Å². The summed E-state index contributed by atoms with van der Waals surface area (Å²) < 4.78 is 0. The van der Waals surface area contributed by atoms with Gasteiger partial charge in [0.15, 0.2) is 0 Å². The Hall–Kier alpha value is -0.0500. The van der Waals surface area contributed by atoms with Crippen molar-refractivity contribution < 1.29 is 4.79 Å². The average Bonchev–Trinajstić information content (AvgIpc) is 2.48. The van der Waals surface area contributed by atoms with Gasteiger partial charge < -0.3 is 4.90 Å². The minimum Gasteiger partial charge on any atom is -0.343 e. The highest BCUT2D eigenvalue weighted by molar-refractivity contribution is 9.09. The molecule has 0 aromatic rings. The summed E-state index contributed by atoms with van der Waals surface area (Å²) in [5.41, 5.74) is 0.333. The molecule has 1 heterocycles. The molecule has 0 saturated carbocycles. The van der Waals surface area contributed by atoms with Crippen LogP contribution in [0.25, 0.3) is 0 Å². The van der Waals surface area contributed by atoms with E-state index in [1.807, 2.05) is 0 Å². The SMILES string of the molecule is CC(CCBr)CCN1CCC(C(C)(C)C)CCC1=O. The number of alkyl halides is 1. The second-order valence-corrected chi connectivity index (χ2v) is 7.94. The molecule has 0 spiro atoms. The molecule has 0 aromatic heterocycles. The number of amides is 1. The van der Waals surface area contributed by atoms with E-state index in [0.29, 0.717) is 23.2 Å². The van der Waals surface area contributed by atoms with E-state index < -0.39 is 0 Å². The number of carbonyl (C=O) groups is 1. The quantitative estimate of drug-likeness (QED) is 0.680. The molecule has 1 fully saturated rings. The predicted octanol–water partition coefficient (Wildman–Crippen LogP) is 4.47. The fourth-order valence-electron chi connectivity index (χ4n) is 2.85. The summed E-state index contributed by atoms with van der Waals surface area (Å²) in [6.07, 6.45) is 5.32. The van der Waals surface area contributed by atoms with Gasteiger partial charge in [0, 0.05) is 24.8 Å². The highest BCUT2D eigenvalue weighted by atomic mass is 79.9. The maximum atomic E-state index is 12.2. The highest BCUT2D eigenvalue weighted by Crippen LogP contribution is 2.34. The summed E-state index contributed by atoms with van der Waals surface area (Å²) in [6, 6.07) is 0. The lowest BCUT2D eigenvalue weighted by Gasteiger charge is -2.29. The standard InChI is InChI=1S/C16H30BrNO/c1-13(7-10-17)8-11-18-12-9-14(16(2,3)4)5-6-15(18)19/h13-14H,5-12H2,1-4H3. The average molecular weight is 332 g/mol. The van der Waals surface area contributed by atoms with Crippen LogP contribution in [0.4, 0.5) is 0 Å². The zero-order valence-electron chi connectivity index (χ0n) is 13.0. The van der Waals surface area contributed by atoms with Gasteiger partial charge in [0.05, 0.1) is 0 Å². The largest absolute Gasteiger partial charge is 0.343 e. The maximum Gasteiger partial charge on any atom is 0.222 e. The number of likely N-dealkylation sites (tertiary alicyclic amines) is 1. The van der Waals surface area contributed by atoms with Gasteiger partial charge in [-0.3, -0.25) is 4.79 Å². The molecule has 19 heavy (non-hydrogen) atoms. The first-order valence-electron chi connectivity index (χ1n) is 7.68. The summed E-state index contributed by atoms with van der Waals surface area (Å²) in [4.78, 5) is 14.3. The van der Waals surface area contributed by atoms with Crippen LogP contribution in [-0.4, -0.2) is 29.2 Å². The number of rotatable bonds is 5. The normalized spacial score (nSPS) is 23.3. The monoisotopic (exact) mass is 331 g/mol. The third-order valence-corrected chi connectivity index (χ3v) is 4.98. The summed E-state index contributed by atoms with van der Waals surface area (Å²) >= 11 is 3.49. The third-order valence-electron chi connectivity index (χ3n) is 4.53. The van der Waals surface area contributed by atoms with Gasteiger partial charge in [0.25, 0.3) is 0 Å². The molecule has 0 aliphatic carbocycles. The van der Waals surface area contributed by atoms with E-state index in [9.17, 15) is 4.79 Å². The van der Waals surface area contributed by atoms with E-state index in [0.717, 1.165) is 37.7 Å². The Morgan fingerprint density at radius 1 is 1.32 bits per heavy atom. The molecule has 0 bridgehead atoms. The molecule has 1 amide bonds. The summed E-state index contributed by atoms with van der Waals surface area (Å²) in [6.45, 7) is 11.1. The lowest BCUT2D eigenvalue weighted by Crippen LogP contribution is -2.32. The fourth-order valence-corrected chi connectivity index (χ4v) is 3.63. The molecule has 0 aromatic carbocycles. The Morgan fingerprint density at radius 3 is 2.58 bits per heavy atom. The lowest BCUT2D eigenvalue weighted by atomic mass is 9.77. The van der Waals surface area contributed by atoms with Gasteiger partial charge in [-0.25, -0.2) is 0 Å². The Balaban J connectivity index is 2.45. The van der Waals surface area contributed by atoms with Crippen molar-refractivity contribution in [1.82, 2.24) is 4.90 Å². The van der Waals surface area contributed by atoms with Gasteiger partial charge in [-0.05, 0) is 42.9 Å². The molecular weight excluding hydrogens is 302 g/mol. The first-order chi connectivity index (χ1) is 8.84. The first-order valence-corrected chi connectivity index (χ1v) is 8.80. The second-order valence-electron chi connectivity index (χ2n) is 7.14. The number of hydrogen-bond donors (Lipinski definition) is 0. The van der Waals surface area contributed by atoms with E-state index in [2.05, 4.69) is 48.5 Å². The summed E-state index contributed by atoms with van der Waals surface area (Å²) in [5, 5.41) is 1.06. The van der Waals surface area contributed by atoms with Crippen molar-refractivity contribution in [1.29, 1.82) is 0 Å². The smallest absolute Gasteiger partial charge is 0.222 e. The van der Waals surface area contributed by atoms with E-state index in [1.165, 1.54) is 12.8 Å². The van der Waals surface area contributed by atoms with E-state index >= 15 is 0 Å². The van der Waals surface area contributed by atoms with E-state index in [-0.39, 0.29) is 0 Å². The molecule has 0 N–H and O–H groups in total. The fraction of sp³-hybridized carbons (Fsp3) is 0.938. The number of nitrogens with zero attached hydrogens (tertiary/aromatic N) is 1. The predicted molar refractivity (Wildman–Crippen MR) is 85.6 cm³/mol. The van der Waals surface area contributed by atoms with Crippen molar-refractivity contribution in [2.24, 2.45) is 17.3 Å². The minimum atomic E-state index is 0.333. The maximum absolute atomic E-state index is 12.2. The third kappa shape index (κ3) is 5.85. The number of halogens is 1. The molecule has 112 valence electrons. The molecule has 2 unspecified atom stereocenters. The summed E-state index contributed by atoms with van der Waals surface area (Å²) in [7, 11) is 0. The molecule has 2 atom stereocenters. The van der Waals surface area contributed by atoms with Crippen molar-refractivity contribution in [2.45, 2.75) is 59.8 Å². The molecule has 0 radical (unpaired) electrons. The molecule has 1 rings (SSSR count). The van der Waals surface area contributed by atoms with Crippen LogP contribution in [0.5, 0.6) is 0 Å². The second kappa shape index (κ2) is 7.66. The van der Waals surface area contributed by atoms with Gasteiger partial charge in [0.1, 0.15) is 0 Å². The Kier molecular flexibility index (Phi) is 6.85. The van der Waals surface area contributed by atoms with Crippen molar-refractivity contribution in [2.75, 3.05) is 18.4 Å². The van der Waals surface area contributed by atoms with Crippen LogP contribution in [0.3, 0.4) is 0 Å². The number of carbonyl (C=O) groups excluding carboxylic acids is 1. The highest BCUT2D eigenvalue weighted by Gasteiger charge is 2.29. The van der Waals surface area contributed by atoms with Crippen molar-refractivity contribution in [3.05, 3.63) is 0 Å². The van der Waals surface area contributed by atoms with Crippen LogP contribution in [0.15, 0.2) is 0 Å². The lowest BCUT2D eigenvalue weighted by molar-refractivity contribution is -0.130. The van der Waals surface area contributed by atoms with Gasteiger partial charge in [-0.2, -0.15) is 0 Å². The topological polar surface area (TPSA) is 20.3 Å².